The Morgan fingerprint density at radius 2 is 0.942 bits per heavy atom. The summed E-state index contributed by atoms with van der Waals surface area (Å²) < 4.78 is 0. The maximum Gasteiger partial charge on any atom is 0.326 e. The van der Waals surface area contributed by atoms with E-state index in [1.165, 1.54) is 0 Å². The van der Waals surface area contributed by atoms with Gasteiger partial charge in [-0.15, -0.1) is 0 Å². The Bertz CT molecular complexity index is 1220. The molecule has 0 radical (unpaired) electrons. The number of amides is 3. The van der Waals surface area contributed by atoms with Gasteiger partial charge in [-0.1, -0.05) is 13.8 Å². The second-order valence-corrected chi connectivity index (χ2v) is 13.1. The lowest BCUT2D eigenvalue weighted by Gasteiger charge is -2.36. The van der Waals surface area contributed by atoms with Crippen molar-refractivity contribution in [1.29, 1.82) is 0 Å². The molecule has 0 aliphatic carbocycles. The van der Waals surface area contributed by atoms with E-state index in [1.807, 2.05) is 10.2 Å². The first-order chi connectivity index (χ1) is 24.3. The third-order valence-electron chi connectivity index (χ3n) is 8.61. The molecule has 0 aromatic carbocycles. The predicted molar refractivity (Wildman–Crippen MR) is 181 cm³/mol. The van der Waals surface area contributed by atoms with E-state index < -0.39 is 84.3 Å². The molecule has 1 rings (SSSR count). The predicted octanol–water partition coefficient (Wildman–Crippen LogP) is -2.30. The molecule has 0 bridgehead atoms. The molecule has 1 aliphatic heterocycles. The summed E-state index contributed by atoms with van der Waals surface area (Å²) in [5.41, 5.74) is 0. The zero-order valence-corrected chi connectivity index (χ0v) is 29.7. The Labute approximate surface area is 300 Å². The topological polar surface area (TPSA) is 307 Å². The highest BCUT2D eigenvalue weighted by Gasteiger charge is 2.30. The number of hydrogen-bond acceptors (Lipinski definition) is 12. The summed E-state index contributed by atoms with van der Waals surface area (Å²) in [7, 11) is 0. The van der Waals surface area contributed by atoms with E-state index in [0.29, 0.717) is 0 Å². The van der Waals surface area contributed by atoms with Gasteiger partial charge in [0.1, 0.15) is 18.6 Å². The standard InChI is InChI=1S/C31H53N7O14/c1-19(13-22(29(48)49)34-31(52)32-15-24(39)40)12-20(2)28(47)33-23(30(50)51)14-21(3)38-10-8-36(17-26(43)44)6-4-35(16-25(41)42)5-7-37(9-11-38)18-27(45)46/h19-23H,4-18H2,1-3H3,(H,33,47)(H,39,40)(H,41,42)(H,43,44)(H,45,46)(H,48,49)(H,50,51)(H2,32,34,52). The van der Waals surface area contributed by atoms with Gasteiger partial charge in [0.25, 0.3) is 0 Å². The van der Waals surface area contributed by atoms with Crippen LogP contribution in [0.4, 0.5) is 4.79 Å². The van der Waals surface area contributed by atoms with Crippen molar-refractivity contribution < 1.29 is 69.0 Å². The number of carbonyl (C=O) groups excluding carboxylic acids is 2. The van der Waals surface area contributed by atoms with Crippen LogP contribution >= 0.6 is 0 Å². The Morgan fingerprint density at radius 1 is 0.538 bits per heavy atom. The fourth-order valence-electron chi connectivity index (χ4n) is 5.86. The van der Waals surface area contributed by atoms with E-state index in [1.54, 1.807) is 35.5 Å². The maximum atomic E-state index is 13.1. The van der Waals surface area contributed by atoms with Gasteiger partial charge in [-0.3, -0.25) is 43.6 Å². The van der Waals surface area contributed by atoms with Crippen LogP contribution in [0.15, 0.2) is 0 Å². The molecular formula is C31H53N7O14. The van der Waals surface area contributed by atoms with Crippen molar-refractivity contribution in [3.8, 4) is 0 Å². The molecule has 9 N–H and O–H groups in total. The molecule has 1 heterocycles. The number of hydrogen-bond donors (Lipinski definition) is 9. The molecule has 52 heavy (non-hydrogen) atoms. The van der Waals surface area contributed by atoms with E-state index in [0.717, 1.165) is 0 Å². The molecule has 0 aromatic rings. The Kier molecular flexibility index (Phi) is 20.1. The summed E-state index contributed by atoms with van der Waals surface area (Å²) in [6.07, 6.45) is -0.0357. The van der Waals surface area contributed by atoms with E-state index >= 15 is 0 Å². The van der Waals surface area contributed by atoms with Crippen molar-refractivity contribution in [2.45, 2.75) is 58.2 Å². The fourth-order valence-corrected chi connectivity index (χ4v) is 5.86. The molecule has 1 fully saturated rings. The van der Waals surface area contributed by atoms with Gasteiger partial charge in [-0.2, -0.15) is 0 Å². The van der Waals surface area contributed by atoms with Gasteiger partial charge >= 0.3 is 41.8 Å². The smallest absolute Gasteiger partial charge is 0.326 e. The minimum Gasteiger partial charge on any atom is -0.480 e. The van der Waals surface area contributed by atoms with E-state index in [-0.39, 0.29) is 91.3 Å². The molecule has 3 amide bonds. The zero-order chi connectivity index (χ0) is 39.5. The summed E-state index contributed by atoms with van der Waals surface area (Å²) in [5.74, 6) is -9.06. The lowest BCUT2D eigenvalue weighted by molar-refractivity contribution is -0.143. The average molecular weight is 748 g/mol. The van der Waals surface area contributed by atoms with E-state index in [4.69, 9.17) is 5.11 Å². The van der Waals surface area contributed by atoms with Crippen LogP contribution in [0.3, 0.4) is 0 Å². The number of nitrogens with zero attached hydrogens (tertiary/aromatic N) is 4. The molecule has 0 saturated carbocycles. The van der Waals surface area contributed by atoms with Crippen molar-refractivity contribution >= 4 is 47.8 Å². The van der Waals surface area contributed by atoms with Crippen LogP contribution in [0.5, 0.6) is 0 Å². The molecule has 5 unspecified atom stereocenters. The Hall–Kier alpha value is -4.60. The van der Waals surface area contributed by atoms with Gasteiger partial charge in [0, 0.05) is 64.3 Å². The van der Waals surface area contributed by atoms with Gasteiger partial charge in [0.05, 0.1) is 19.6 Å². The van der Waals surface area contributed by atoms with Crippen LogP contribution < -0.4 is 16.0 Å². The minimum atomic E-state index is -1.38. The highest BCUT2D eigenvalue weighted by atomic mass is 16.4. The molecule has 0 spiro atoms. The number of carbonyl (C=O) groups is 8. The third-order valence-corrected chi connectivity index (χ3v) is 8.61. The molecule has 1 aliphatic rings. The Morgan fingerprint density at radius 3 is 1.33 bits per heavy atom. The normalized spacial score (nSPS) is 18.6. The van der Waals surface area contributed by atoms with Gasteiger partial charge < -0.3 is 46.6 Å². The number of rotatable bonds is 20. The van der Waals surface area contributed by atoms with Crippen molar-refractivity contribution in [3.63, 3.8) is 0 Å². The van der Waals surface area contributed by atoms with E-state index in [9.17, 15) is 63.9 Å². The monoisotopic (exact) mass is 747 g/mol. The summed E-state index contributed by atoms with van der Waals surface area (Å²) in [6, 6.07) is -4.21. The van der Waals surface area contributed by atoms with Crippen molar-refractivity contribution in [2.24, 2.45) is 11.8 Å². The largest absolute Gasteiger partial charge is 0.480 e. The van der Waals surface area contributed by atoms with Crippen LogP contribution in [-0.4, -0.2) is 195 Å². The first-order valence-electron chi connectivity index (χ1n) is 16.9. The summed E-state index contributed by atoms with van der Waals surface area (Å²) in [5, 5.41) is 63.2. The summed E-state index contributed by atoms with van der Waals surface area (Å²) >= 11 is 0. The van der Waals surface area contributed by atoms with E-state index in [2.05, 4.69) is 10.6 Å². The lowest BCUT2D eigenvalue weighted by atomic mass is 9.91. The van der Waals surface area contributed by atoms with Crippen LogP contribution in [0, 0.1) is 11.8 Å². The Balaban J connectivity index is 3.01. The van der Waals surface area contributed by atoms with Crippen LogP contribution in [0.2, 0.25) is 0 Å². The minimum absolute atomic E-state index is 0.0654. The van der Waals surface area contributed by atoms with Gasteiger partial charge in [0.2, 0.25) is 5.91 Å². The van der Waals surface area contributed by atoms with Gasteiger partial charge in [-0.05, 0) is 32.1 Å². The quantitative estimate of drug-likeness (QED) is 0.0632. The maximum absolute atomic E-state index is 13.1. The zero-order valence-electron chi connectivity index (χ0n) is 29.7. The molecule has 296 valence electrons. The molecule has 5 atom stereocenters. The molecule has 21 heteroatoms. The SMILES string of the molecule is CC(CC(C)C(=O)NC(CC(C)N1CCN(CC(=O)O)CCN(CC(=O)O)CCN(CC(=O)O)CC1)C(=O)O)CC(NC(=O)NCC(=O)O)C(=O)O. The van der Waals surface area contributed by atoms with Gasteiger partial charge in [0.15, 0.2) is 0 Å². The van der Waals surface area contributed by atoms with Crippen molar-refractivity contribution in [1.82, 2.24) is 35.6 Å². The van der Waals surface area contributed by atoms with Crippen LogP contribution in [0.1, 0.15) is 40.0 Å². The molecule has 1 saturated heterocycles. The lowest BCUT2D eigenvalue weighted by Crippen LogP contribution is -2.52. The van der Waals surface area contributed by atoms with Gasteiger partial charge in [-0.25, -0.2) is 14.4 Å². The first kappa shape index (κ1) is 45.4. The van der Waals surface area contributed by atoms with Crippen molar-refractivity contribution in [2.75, 3.05) is 78.5 Å². The summed E-state index contributed by atoms with van der Waals surface area (Å²) in [4.78, 5) is 101. The first-order valence-corrected chi connectivity index (χ1v) is 16.9. The fraction of sp³-hybridized carbons (Fsp3) is 0.742. The number of carboxylic acids is 6. The van der Waals surface area contributed by atoms with Crippen molar-refractivity contribution in [3.05, 3.63) is 0 Å². The second kappa shape index (κ2) is 23.1. The second-order valence-electron chi connectivity index (χ2n) is 13.1. The van der Waals surface area contributed by atoms with Crippen LogP contribution in [0.25, 0.3) is 0 Å². The molecule has 21 nitrogen and oxygen atoms in total. The third kappa shape index (κ3) is 19.1. The highest BCUT2D eigenvalue weighted by molar-refractivity contribution is 5.85. The number of carboxylic acid groups (broad SMARTS) is 6. The van der Waals surface area contributed by atoms with Crippen LogP contribution in [-0.2, 0) is 33.6 Å². The highest BCUT2D eigenvalue weighted by Crippen LogP contribution is 2.19. The number of urea groups is 1. The molecule has 0 aromatic heterocycles. The number of nitrogens with one attached hydrogen (secondary N) is 3. The number of aliphatic carboxylic acids is 6. The summed E-state index contributed by atoms with van der Waals surface area (Å²) in [6.45, 7) is 5.10. The molecular weight excluding hydrogens is 694 g/mol. The average Bonchev–Trinajstić information content (AvgIpc) is 3.02.